The summed E-state index contributed by atoms with van der Waals surface area (Å²) in [6, 6.07) is 6.48. The Kier molecular flexibility index (Phi) is 3.87. The first-order chi connectivity index (χ1) is 11.1. The predicted molar refractivity (Wildman–Crippen MR) is 88.2 cm³/mol. The third kappa shape index (κ3) is 2.77. The molecule has 2 aliphatic rings. The molecule has 0 amide bonds. The molecule has 0 bridgehead atoms. The van der Waals surface area contributed by atoms with Crippen LogP contribution in [0.2, 0.25) is 0 Å². The third-order valence-corrected chi connectivity index (χ3v) is 5.59. The lowest BCUT2D eigenvalue weighted by Crippen LogP contribution is -2.52. The van der Waals surface area contributed by atoms with Crippen LogP contribution in [0.25, 0.3) is 5.65 Å². The maximum Gasteiger partial charge on any atom is 0.136 e. The molecule has 5 heteroatoms. The average molecular weight is 315 g/mol. The van der Waals surface area contributed by atoms with Crippen LogP contribution >= 0.6 is 0 Å². The number of imidazole rings is 1. The molecule has 2 fully saturated rings. The van der Waals surface area contributed by atoms with Gasteiger partial charge in [-0.1, -0.05) is 6.07 Å². The number of aliphatic hydroxyl groups is 1. The highest BCUT2D eigenvalue weighted by atomic mass is 16.5. The minimum absolute atomic E-state index is 0.193. The fourth-order valence-electron chi connectivity index (χ4n) is 4.19. The summed E-state index contributed by atoms with van der Waals surface area (Å²) in [7, 11) is 0. The molecular formula is C18H25N3O2. The Morgan fingerprint density at radius 3 is 3.22 bits per heavy atom. The molecule has 5 nitrogen and oxygen atoms in total. The van der Waals surface area contributed by atoms with Gasteiger partial charge in [0.05, 0.1) is 24.1 Å². The quantitative estimate of drug-likeness (QED) is 0.942. The van der Waals surface area contributed by atoms with E-state index in [9.17, 15) is 5.11 Å². The number of fused-ring (bicyclic) bond motifs is 1. The molecule has 2 saturated heterocycles. The number of ether oxygens (including phenoxy) is 1. The van der Waals surface area contributed by atoms with Crippen LogP contribution in [-0.4, -0.2) is 50.8 Å². The Balaban J connectivity index is 1.56. The van der Waals surface area contributed by atoms with Gasteiger partial charge in [0.1, 0.15) is 5.65 Å². The maximum absolute atomic E-state index is 10.8. The SMILES string of the molecule is CC1(O)CCOCC1C1CCCN1Cc1cnc2ccccn12. The molecule has 1 N–H and O–H groups in total. The van der Waals surface area contributed by atoms with Crippen LogP contribution in [-0.2, 0) is 11.3 Å². The first-order valence-corrected chi connectivity index (χ1v) is 8.60. The van der Waals surface area contributed by atoms with Crippen LogP contribution in [0.15, 0.2) is 30.6 Å². The lowest BCUT2D eigenvalue weighted by molar-refractivity contribution is -0.123. The number of rotatable bonds is 3. The van der Waals surface area contributed by atoms with Crippen molar-refractivity contribution >= 4 is 5.65 Å². The maximum atomic E-state index is 10.8. The second-order valence-corrected chi connectivity index (χ2v) is 7.15. The number of aromatic nitrogens is 2. The molecule has 0 radical (unpaired) electrons. The van der Waals surface area contributed by atoms with Crippen LogP contribution in [0.3, 0.4) is 0 Å². The fraction of sp³-hybridized carbons (Fsp3) is 0.611. The van der Waals surface area contributed by atoms with Crippen molar-refractivity contribution in [2.45, 2.75) is 44.4 Å². The van der Waals surface area contributed by atoms with E-state index in [2.05, 4.69) is 20.5 Å². The molecule has 0 aliphatic carbocycles. The minimum atomic E-state index is -0.620. The monoisotopic (exact) mass is 315 g/mol. The molecule has 3 unspecified atom stereocenters. The Labute approximate surface area is 136 Å². The van der Waals surface area contributed by atoms with Gasteiger partial charge in [-0.15, -0.1) is 0 Å². The van der Waals surface area contributed by atoms with Gasteiger partial charge in [0, 0.05) is 31.3 Å². The molecule has 0 spiro atoms. The van der Waals surface area contributed by atoms with Crippen LogP contribution in [0.5, 0.6) is 0 Å². The first-order valence-electron chi connectivity index (χ1n) is 8.60. The third-order valence-electron chi connectivity index (χ3n) is 5.59. The molecule has 4 rings (SSSR count). The second kappa shape index (κ2) is 5.89. The number of hydrogen-bond acceptors (Lipinski definition) is 4. The summed E-state index contributed by atoms with van der Waals surface area (Å²) < 4.78 is 7.84. The number of pyridine rings is 1. The average Bonchev–Trinajstić information content (AvgIpc) is 3.15. The van der Waals surface area contributed by atoms with Gasteiger partial charge in [0.15, 0.2) is 0 Å². The second-order valence-electron chi connectivity index (χ2n) is 7.15. The summed E-state index contributed by atoms with van der Waals surface area (Å²) in [6.07, 6.45) is 7.11. The Morgan fingerprint density at radius 1 is 1.43 bits per heavy atom. The van der Waals surface area contributed by atoms with E-state index >= 15 is 0 Å². The summed E-state index contributed by atoms with van der Waals surface area (Å²) in [6.45, 7) is 5.27. The van der Waals surface area contributed by atoms with E-state index in [4.69, 9.17) is 4.74 Å². The summed E-state index contributed by atoms with van der Waals surface area (Å²) >= 11 is 0. The molecule has 124 valence electrons. The minimum Gasteiger partial charge on any atom is -0.390 e. The first kappa shape index (κ1) is 15.1. The molecule has 0 saturated carbocycles. The molecule has 23 heavy (non-hydrogen) atoms. The molecule has 2 aromatic heterocycles. The van der Waals surface area contributed by atoms with E-state index in [1.807, 2.05) is 31.3 Å². The van der Waals surface area contributed by atoms with Gasteiger partial charge in [-0.2, -0.15) is 0 Å². The van der Waals surface area contributed by atoms with Gasteiger partial charge in [-0.05, 0) is 44.9 Å². The van der Waals surface area contributed by atoms with Gasteiger partial charge >= 0.3 is 0 Å². The van der Waals surface area contributed by atoms with Crippen molar-refractivity contribution in [3.63, 3.8) is 0 Å². The Morgan fingerprint density at radius 2 is 2.35 bits per heavy atom. The zero-order chi connectivity index (χ0) is 15.9. The van der Waals surface area contributed by atoms with E-state index < -0.39 is 5.60 Å². The van der Waals surface area contributed by atoms with Crippen molar-refractivity contribution in [1.82, 2.24) is 14.3 Å². The highest BCUT2D eigenvalue weighted by Gasteiger charge is 2.44. The molecule has 2 aliphatic heterocycles. The van der Waals surface area contributed by atoms with E-state index in [1.165, 1.54) is 12.1 Å². The van der Waals surface area contributed by atoms with Crippen molar-refractivity contribution in [2.75, 3.05) is 19.8 Å². The topological polar surface area (TPSA) is 50.0 Å². The van der Waals surface area contributed by atoms with Gasteiger partial charge in [-0.3, -0.25) is 4.90 Å². The lowest BCUT2D eigenvalue weighted by atomic mass is 9.79. The zero-order valence-corrected chi connectivity index (χ0v) is 13.7. The Bertz CT molecular complexity index is 682. The summed E-state index contributed by atoms with van der Waals surface area (Å²) in [4.78, 5) is 6.99. The van der Waals surface area contributed by atoms with Crippen molar-refractivity contribution < 1.29 is 9.84 Å². The van der Waals surface area contributed by atoms with E-state index in [0.29, 0.717) is 19.3 Å². The summed E-state index contributed by atoms with van der Waals surface area (Å²) in [5.41, 5.74) is 1.58. The predicted octanol–water partition coefficient (Wildman–Crippen LogP) is 2.09. The van der Waals surface area contributed by atoms with Gasteiger partial charge in [0.25, 0.3) is 0 Å². The van der Waals surface area contributed by atoms with E-state index in [0.717, 1.165) is 31.6 Å². The van der Waals surface area contributed by atoms with Crippen LogP contribution < -0.4 is 0 Å². The van der Waals surface area contributed by atoms with Crippen molar-refractivity contribution in [1.29, 1.82) is 0 Å². The standard InChI is InChI=1S/C18H25N3O2/c1-18(22)7-10-23-13-15(18)16-5-4-8-20(16)12-14-11-19-17-6-2-3-9-21(14)17/h2-3,6,9,11,15-16,22H,4-5,7-8,10,12-13H2,1H3. The highest BCUT2D eigenvalue weighted by molar-refractivity contribution is 5.39. The number of likely N-dealkylation sites (tertiary alicyclic amines) is 1. The smallest absolute Gasteiger partial charge is 0.136 e. The Hall–Kier alpha value is -1.43. The highest BCUT2D eigenvalue weighted by Crippen LogP contribution is 2.36. The van der Waals surface area contributed by atoms with Crippen LogP contribution in [0.1, 0.15) is 31.9 Å². The van der Waals surface area contributed by atoms with E-state index in [1.54, 1.807) is 0 Å². The van der Waals surface area contributed by atoms with Gasteiger partial charge < -0.3 is 14.2 Å². The summed E-state index contributed by atoms with van der Waals surface area (Å²) in [5, 5.41) is 10.8. The zero-order valence-electron chi connectivity index (χ0n) is 13.7. The van der Waals surface area contributed by atoms with Gasteiger partial charge in [0.2, 0.25) is 0 Å². The largest absolute Gasteiger partial charge is 0.390 e. The molecular weight excluding hydrogens is 290 g/mol. The normalized spacial score (nSPS) is 32.6. The van der Waals surface area contributed by atoms with Crippen molar-refractivity contribution in [3.05, 3.63) is 36.3 Å². The van der Waals surface area contributed by atoms with E-state index in [-0.39, 0.29) is 5.92 Å². The lowest BCUT2D eigenvalue weighted by Gasteiger charge is -2.43. The fourth-order valence-corrected chi connectivity index (χ4v) is 4.19. The van der Waals surface area contributed by atoms with Gasteiger partial charge in [-0.25, -0.2) is 4.98 Å². The number of nitrogens with zero attached hydrogens (tertiary/aromatic N) is 3. The van der Waals surface area contributed by atoms with Crippen molar-refractivity contribution in [3.8, 4) is 0 Å². The molecule has 0 aromatic carbocycles. The van der Waals surface area contributed by atoms with Crippen LogP contribution in [0, 0.1) is 5.92 Å². The van der Waals surface area contributed by atoms with Crippen molar-refractivity contribution in [2.24, 2.45) is 5.92 Å². The molecule has 3 atom stereocenters. The summed E-state index contributed by atoms with van der Waals surface area (Å²) in [5.74, 6) is 0.193. The molecule has 4 heterocycles. The van der Waals surface area contributed by atoms with Crippen LogP contribution in [0.4, 0.5) is 0 Å². The molecule has 2 aromatic rings. The number of hydrogen-bond donors (Lipinski definition) is 1.